The Morgan fingerprint density at radius 1 is 0.913 bits per heavy atom. The first-order valence-electron chi connectivity index (χ1n) is 14.8. The molecule has 0 spiro atoms. The Kier molecular flexibility index (Phi) is 11.8. The minimum Gasteiger partial charge on any atom is -0.352 e. The highest BCUT2D eigenvalue weighted by Crippen LogP contribution is 2.27. The molecule has 242 valence electrons. The average molecular weight is 685 g/mol. The number of aryl methyl sites for hydroxylation is 1. The highest BCUT2D eigenvalue weighted by atomic mass is 35.5. The molecule has 0 heterocycles. The third-order valence-electron chi connectivity index (χ3n) is 7.63. The summed E-state index contributed by atoms with van der Waals surface area (Å²) >= 11 is 12.7. The van der Waals surface area contributed by atoms with E-state index in [9.17, 15) is 22.4 Å². The molecule has 46 heavy (non-hydrogen) atoms. The molecular formula is C35H36Cl2FN3O4S. The number of rotatable bonds is 13. The van der Waals surface area contributed by atoms with Gasteiger partial charge in [-0.05, 0) is 79.9 Å². The molecule has 4 aromatic rings. The molecule has 0 fully saturated rings. The van der Waals surface area contributed by atoms with Gasteiger partial charge in [-0.15, -0.1) is 0 Å². The van der Waals surface area contributed by atoms with Crippen LogP contribution in [0.1, 0.15) is 37.0 Å². The number of anilines is 1. The number of hydrogen-bond acceptors (Lipinski definition) is 4. The Labute approximate surface area is 280 Å². The van der Waals surface area contributed by atoms with Crippen molar-refractivity contribution in [1.82, 2.24) is 10.2 Å². The van der Waals surface area contributed by atoms with E-state index in [1.54, 1.807) is 30.3 Å². The van der Waals surface area contributed by atoms with Crippen LogP contribution in [0.3, 0.4) is 0 Å². The molecule has 0 aromatic heterocycles. The first kappa shape index (κ1) is 34.9. The normalized spacial score (nSPS) is 12.7. The predicted molar refractivity (Wildman–Crippen MR) is 181 cm³/mol. The van der Waals surface area contributed by atoms with E-state index in [2.05, 4.69) is 5.32 Å². The fourth-order valence-electron chi connectivity index (χ4n) is 4.80. The molecule has 1 N–H and O–H groups in total. The van der Waals surface area contributed by atoms with Crippen LogP contribution in [0.15, 0.2) is 102 Å². The molecule has 0 radical (unpaired) electrons. The second-order valence-electron chi connectivity index (χ2n) is 11.1. The van der Waals surface area contributed by atoms with Gasteiger partial charge in [0.05, 0.1) is 10.6 Å². The third kappa shape index (κ3) is 8.87. The van der Waals surface area contributed by atoms with Crippen molar-refractivity contribution >= 4 is 50.7 Å². The lowest BCUT2D eigenvalue weighted by Crippen LogP contribution is -2.54. The standard InChI is InChI=1S/C35H36Cl2FN3O4S/c1-4-25(3)39-35(43)33(20-26-8-6-5-7-9-26)40(22-27-12-13-28(36)21-32(27)37)34(42)23-41(30-16-14-29(38)15-17-30)46(44,45)31-18-10-24(2)11-19-31/h5-19,21,25,33H,4,20,22-23H2,1-3H3,(H,39,43)/t25-,33-/m1/s1. The number of carbonyl (C=O) groups excluding carboxylic acids is 2. The second-order valence-corrected chi connectivity index (χ2v) is 13.8. The van der Waals surface area contributed by atoms with Gasteiger partial charge in [-0.25, -0.2) is 12.8 Å². The maximum Gasteiger partial charge on any atom is 0.264 e. The highest BCUT2D eigenvalue weighted by Gasteiger charge is 2.35. The van der Waals surface area contributed by atoms with Crippen molar-refractivity contribution in [2.75, 3.05) is 10.8 Å². The molecule has 0 aliphatic carbocycles. The zero-order valence-corrected chi connectivity index (χ0v) is 28.1. The zero-order valence-electron chi connectivity index (χ0n) is 25.8. The summed E-state index contributed by atoms with van der Waals surface area (Å²) in [5.74, 6) is -1.62. The smallest absolute Gasteiger partial charge is 0.264 e. The molecule has 0 saturated carbocycles. The fraction of sp³-hybridized carbons (Fsp3) is 0.257. The monoisotopic (exact) mass is 683 g/mol. The number of hydrogen-bond donors (Lipinski definition) is 1. The molecule has 2 atom stereocenters. The van der Waals surface area contributed by atoms with E-state index in [0.717, 1.165) is 27.6 Å². The van der Waals surface area contributed by atoms with Crippen molar-refractivity contribution in [3.8, 4) is 0 Å². The van der Waals surface area contributed by atoms with Crippen molar-refractivity contribution in [1.29, 1.82) is 0 Å². The maximum absolute atomic E-state index is 14.5. The lowest BCUT2D eigenvalue weighted by Gasteiger charge is -2.34. The van der Waals surface area contributed by atoms with Crippen LogP contribution in [-0.4, -0.2) is 43.8 Å². The molecule has 7 nitrogen and oxygen atoms in total. The number of halogens is 3. The summed E-state index contributed by atoms with van der Waals surface area (Å²) < 4.78 is 43.0. The van der Waals surface area contributed by atoms with Gasteiger partial charge in [0.1, 0.15) is 18.4 Å². The maximum atomic E-state index is 14.5. The molecule has 4 aromatic carbocycles. The van der Waals surface area contributed by atoms with Crippen LogP contribution in [0.4, 0.5) is 10.1 Å². The van der Waals surface area contributed by atoms with E-state index in [0.29, 0.717) is 17.0 Å². The van der Waals surface area contributed by atoms with E-state index in [1.807, 2.05) is 51.1 Å². The van der Waals surface area contributed by atoms with Gasteiger partial charge in [-0.3, -0.25) is 13.9 Å². The van der Waals surface area contributed by atoms with Crippen LogP contribution in [0.2, 0.25) is 10.0 Å². The van der Waals surface area contributed by atoms with Gasteiger partial charge in [-0.2, -0.15) is 0 Å². The van der Waals surface area contributed by atoms with Crippen molar-refractivity contribution < 1.29 is 22.4 Å². The highest BCUT2D eigenvalue weighted by molar-refractivity contribution is 7.92. The van der Waals surface area contributed by atoms with Gasteiger partial charge in [0.25, 0.3) is 10.0 Å². The minimum absolute atomic E-state index is 0.0436. The van der Waals surface area contributed by atoms with Gasteiger partial charge in [-0.1, -0.05) is 84.2 Å². The van der Waals surface area contributed by atoms with E-state index in [-0.39, 0.29) is 34.6 Å². The van der Waals surface area contributed by atoms with Gasteiger partial charge in [0, 0.05) is 29.1 Å². The average Bonchev–Trinajstić information content (AvgIpc) is 3.03. The van der Waals surface area contributed by atoms with Crippen molar-refractivity contribution in [3.05, 3.63) is 130 Å². The van der Waals surface area contributed by atoms with Crippen LogP contribution in [0, 0.1) is 12.7 Å². The summed E-state index contributed by atoms with van der Waals surface area (Å²) in [6, 6.07) is 23.9. The van der Waals surface area contributed by atoms with E-state index in [4.69, 9.17) is 23.2 Å². The number of nitrogens with one attached hydrogen (secondary N) is 1. The number of carbonyl (C=O) groups is 2. The second kappa shape index (κ2) is 15.6. The van der Waals surface area contributed by atoms with Gasteiger partial charge in [0.15, 0.2) is 0 Å². The summed E-state index contributed by atoms with van der Waals surface area (Å²) in [6.45, 7) is 4.85. The van der Waals surface area contributed by atoms with E-state index >= 15 is 0 Å². The molecular weight excluding hydrogens is 648 g/mol. The molecule has 0 saturated heterocycles. The molecule has 11 heteroatoms. The van der Waals surface area contributed by atoms with E-state index in [1.165, 1.54) is 29.2 Å². The Balaban J connectivity index is 1.82. The largest absolute Gasteiger partial charge is 0.352 e. The van der Waals surface area contributed by atoms with Crippen LogP contribution >= 0.6 is 23.2 Å². The number of benzene rings is 4. The summed E-state index contributed by atoms with van der Waals surface area (Å²) in [5.41, 5.74) is 2.26. The molecule has 4 rings (SSSR count). The molecule has 0 unspecified atom stereocenters. The number of amides is 2. The Morgan fingerprint density at radius 2 is 1.57 bits per heavy atom. The van der Waals surface area contributed by atoms with Gasteiger partial charge >= 0.3 is 0 Å². The van der Waals surface area contributed by atoms with Crippen LogP contribution < -0.4 is 9.62 Å². The lowest BCUT2D eigenvalue weighted by molar-refractivity contribution is -0.140. The Bertz CT molecular complexity index is 1760. The third-order valence-corrected chi connectivity index (χ3v) is 10.0. The van der Waals surface area contributed by atoms with Crippen molar-refractivity contribution in [3.63, 3.8) is 0 Å². The Hall–Kier alpha value is -3.92. The molecule has 2 amide bonds. The van der Waals surface area contributed by atoms with Crippen LogP contribution in [-0.2, 0) is 32.6 Å². The number of sulfonamides is 1. The van der Waals surface area contributed by atoms with Crippen LogP contribution in [0.25, 0.3) is 0 Å². The summed E-state index contributed by atoms with van der Waals surface area (Å²) in [6.07, 6.45) is 0.815. The summed E-state index contributed by atoms with van der Waals surface area (Å²) in [4.78, 5) is 29.7. The first-order chi connectivity index (χ1) is 21.9. The fourth-order valence-corrected chi connectivity index (χ4v) is 6.68. The zero-order chi connectivity index (χ0) is 33.4. The molecule has 0 aliphatic heterocycles. The summed E-state index contributed by atoms with van der Waals surface area (Å²) in [7, 11) is -4.31. The molecule has 0 aliphatic rings. The minimum atomic E-state index is -4.31. The predicted octanol–water partition coefficient (Wildman–Crippen LogP) is 7.19. The molecule has 0 bridgehead atoms. The first-order valence-corrected chi connectivity index (χ1v) is 17.0. The topological polar surface area (TPSA) is 86.8 Å². The van der Waals surface area contributed by atoms with Crippen LogP contribution in [0.5, 0.6) is 0 Å². The number of nitrogens with zero attached hydrogens (tertiary/aromatic N) is 2. The van der Waals surface area contributed by atoms with Gasteiger partial charge in [0.2, 0.25) is 11.8 Å². The lowest BCUT2D eigenvalue weighted by atomic mass is 10.0. The SMILES string of the molecule is CC[C@@H](C)NC(=O)[C@@H](Cc1ccccc1)N(Cc1ccc(Cl)cc1Cl)C(=O)CN(c1ccc(F)cc1)S(=O)(=O)c1ccc(C)cc1. The van der Waals surface area contributed by atoms with Crippen molar-refractivity contribution in [2.24, 2.45) is 0 Å². The van der Waals surface area contributed by atoms with Gasteiger partial charge < -0.3 is 10.2 Å². The quantitative estimate of drug-likeness (QED) is 0.162. The van der Waals surface area contributed by atoms with E-state index < -0.39 is 40.2 Å². The Morgan fingerprint density at radius 3 is 2.17 bits per heavy atom. The van der Waals surface area contributed by atoms with Crippen molar-refractivity contribution in [2.45, 2.75) is 57.1 Å². The summed E-state index contributed by atoms with van der Waals surface area (Å²) in [5, 5.41) is 3.67.